The fraction of sp³-hybridized carbons (Fsp3) is 0.195. The Morgan fingerprint density at radius 2 is 0.706 bits per heavy atom. The molecule has 1 amide bonds. The number of rotatable bonds is 27. The highest BCUT2D eigenvalue weighted by Gasteiger charge is 2.42. The van der Waals surface area contributed by atoms with Gasteiger partial charge in [-0.05, 0) is 169 Å². The number of halogens is 1. The van der Waals surface area contributed by atoms with E-state index in [0.29, 0.717) is 38.4 Å². The second kappa shape index (κ2) is 32.3. The fourth-order valence-corrected chi connectivity index (χ4v) is 13.1. The Morgan fingerprint density at radius 3 is 0.990 bits per heavy atom. The lowest BCUT2D eigenvalue weighted by molar-refractivity contribution is -0.179. The van der Waals surface area contributed by atoms with E-state index in [9.17, 15) is 9.59 Å². The van der Waals surface area contributed by atoms with Gasteiger partial charge in [0.2, 0.25) is 5.78 Å². The lowest BCUT2D eigenvalue weighted by atomic mass is 9.77. The molecule has 3 aromatic heterocycles. The van der Waals surface area contributed by atoms with Gasteiger partial charge in [-0.25, -0.2) is 5.06 Å². The molecule has 0 N–H and O–H groups in total. The second-order valence-electron chi connectivity index (χ2n) is 23.4. The Labute approximate surface area is 601 Å². The van der Waals surface area contributed by atoms with Crippen LogP contribution in [0, 0.1) is 0 Å². The molecule has 0 saturated carbocycles. The molecule has 2 atom stereocenters. The molecule has 0 bridgehead atoms. The van der Waals surface area contributed by atoms with E-state index in [4.69, 9.17) is 66.8 Å². The van der Waals surface area contributed by atoms with Crippen LogP contribution in [0.2, 0.25) is 0 Å². The Hall–Kier alpha value is -11.4. The monoisotopic (exact) mass is 1440 g/mol. The van der Waals surface area contributed by atoms with E-state index < -0.39 is 23.3 Å². The molecule has 522 valence electrons. The van der Waals surface area contributed by atoms with Gasteiger partial charge < -0.3 is 51.8 Å². The molecule has 20 heteroatoms. The lowest BCUT2D eigenvalue weighted by Crippen LogP contribution is -2.38. The van der Waals surface area contributed by atoms with E-state index in [1.807, 2.05) is 168 Å². The number of furan rings is 1. The van der Waals surface area contributed by atoms with Gasteiger partial charge in [0.15, 0.2) is 11.9 Å². The number of methoxy groups -OCH3 is 10. The van der Waals surface area contributed by atoms with Crippen LogP contribution in [0.4, 0.5) is 0 Å². The summed E-state index contributed by atoms with van der Waals surface area (Å²) in [5.74, 6) is 5.65. The van der Waals surface area contributed by atoms with E-state index in [1.165, 1.54) is 21.3 Å². The average Bonchev–Trinajstić information content (AvgIpc) is 1.33. The number of ketones is 1. The molecule has 3 heterocycles. The first-order chi connectivity index (χ1) is 49.7. The number of aromatic nitrogens is 4. The molecule has 9 aromatic carbocycles. The highest BCUT2D eigenvalue weighted by atomic mass is 79.9. The number of Topliss-reactive ketones (excluding diaryl/α,β-unsaturated/α-hetero) is 1. The zero-order chi connectivity index (χ0) is 72.1. The molecule has 12 rings (SSSR count). The molecule has 0 aliphatic rings. The summed E-state index contributed by atoms with van der Waals surface area (Å²) < 4.78 is 66.0. The van der Waals surface area contributed by atoms with Crippen molar-refractivity contribution in [1.29, 1.82) is 0 Å². The van der Waals surface area contributed by atoms with Crippen molar-refractivity contribution in [3.8, 4) is 79.6 Å². The maximum atomic E-state index is 13.8. The molecule has 0 saturated heterocycles. The molecule has 0 fully saturated rings. The summed E-state index contributed by atoms with van der Waals surface area (Å²) in [5.41, 5.74) is 9.73. The largest absolute Gasteiger partial charge is 0.497 e. The smallest absolute Gasteiger partial charge is 0.279 e. The zero-order valence-corrected chi connectivity index (χ0v) is 60.2. The number of hydroxylamine groups is 2. The van der Waals surface area contributed by atoms with Crippen LogP contribution >= 0.6 is 15.9 Å². The van der Waals surface area contributed by atoms with Gasteiger partial charge in [-0.2, -0.15) is 10.2 Å². The third-order valence-electron chi connectivity index (χ3n) is 18.1. The molecule has 2 unspecified atom stereocenters. The average molecular weight is 1440 g/mol. The normalized spacial score (nSPS) is 11.9. The zero-order valence-electron chi connectivity index (χ0n) is 58.6. The molecule has 19 nitrogen and oxygen atoms in total. The van der Waals surface area contributed by atoms with Gasteiger partial charge in [0.1, 0.15) is 73.4 Å². The van der Waals surface area contributed by atoms with Crippen LogP contribution in [-0.2, 0) is 30.2 Å². The molecular formula is C82H78BrN5O14. The molecule has 0 aliphatic carbocycles. The predicted octanol–water partition coefficient (Wildman–Crippen LogP) is 16.1. The first kappa shape index (κ1) is 71.9. The molecule has 102 heavy (non-hydrogen) atoms. The number of ether oxygens (including phenoxy) is 10. The van der Waals surface area contributed by atoms with Gasteiger partial charge in [0.05, 0.1) is 76.4 Å². The maximum absolute atomic E-state index is 13.8. The van der Waals surface area contributed by atoms with E-state index in [-0.39, 0.29) is 17.5 Å². The Balaban J connectivity index is 0.000000211. The van der Waals surface area contributed by atoms with Gasteiger partial charge in [0, 0.05) is 50.4 Å². The van der Waals surface area contributed by atoms with Crippen molar-refractivity contribution in [2.24, 2.45) is 0 Å². The van der Waals surface area contributed by atoms with Gasteiger partial charge in [-0.3, -0.25) is 23.8 Å². The van der Waals surface area contributed by atoms with Crippen molar-refractivity contribution in [3.05, 3.63) is 298 Å². The van der Waals surface area contributed by atoms with Gasteiger partial charge in [-0.15, -0.1) is 0 Å². The van der Waals surface area contributed by atoms with E-state index in [1.54, 1.807) is 76.1 Å². The van der Waals surface area contributed by atoms with Crippen LogP contribution in [0.3, 0.4) is 0 Å². The van der Waals surface area contributed by atoms with Crippen molar-refractivity contribution in [2.45, 2.75) is 23.3 Å². The van der Waals surface area contributed by atoms with Gasteiger partial charge >= 0.3 is 0 Å². The minimum absolute atomic E-state index is 0.162. The van der Waals surface area contributed by atoms with Crippen LogP contribution < -0.4 is 37.9 Å². The van der Waals surface area contributed by atoms with Crippen molar-refractivity contribution in [1.82, 2.24) is 24.6 Å². The van der Waals surface area contributed by atoms with E-state index in [2.05, 4.69) is 88.7 Å². The van der Waals surface area contributed by atoms with Crippen LogP contribution in [0.5, 0.6) is 46.0 Å². The highest BCUT2D eigenvalue weighted by molar-refractivity contribution is 9.10. The summed E-state index contributed by atoms with van der Waals surface area (Å²) >= 11 is 3.50. The number of amides is 1. The minimum atomic E-state index is -0.912. The molecule has 12 aromatic rings. The quantitative estimate of drug-likeness (QED) is 0.0268. The third-order valence-corrected chi connectivity index (χ3v) is 18.9. The van der Waals surface area contributed by atoms with Crippen LogP contribution in [0.1, 0.15) is 67.3 Å². The number of benzene rings is 9. The van der Waals surface area contributed by atoms with Crippen LogP contribution in [0.25, 0.3) is 33.6 Å². The SMILES string of the molecule is COc1ccc(C(c2ccc(OC)cc2)(c2ccc(OC)cc2)n2cc(-c3ccc(C(OC)C(=O)N(C)OC)cc3)cn2)cc1.COc1ccc(C(c2ccc(OC)cc2)(c2ccc(OC)cc2)n2cc(-c3ccc(C(OC)C(=O)c4ccc(-c5cc(OC)c(Br)c(OC)c5)o4)cc3)cn2)cc1. The summed E-state index contributed by atoms with van der Waals surface area (Å²) in [4.78, 5) is 31.6. The van der Waals surface area contributed by atoms with Gasteiger partial charge in [0.25, 0.3) is 5.91 Å². The molecule has 0 spiro atoms. The predicted molar refractivity (Wildman–Crippen MR) is 392 cm³/mol. The number of likely N-dealkylation sites (N-methyl/N-ethyl adjacent to an activating group) is 1. The summed E-state index contributed by atoms with van der Waals surface area (Å²) in [6.07, 6.45) is 6.06. The Bertz CT molecular complexity index is 4490. The Morgan fingerprint density at radius 1 is 0.392 bits per heavy atom. The number of nitrogens with zero attached hydrogens (tertiary/aromatic N) is 5. The second-order valence-corrected chi connectivity index (χ2v) is 24.1. The first-order valence-electron chi connectivity index (χ1n) is 32.3. The van der Waals surface area contributed by atoms with Crippen molar-refractivity contribution in [3.63, 3.8) is 0 Å². The van der Waals surface area contributed by atoms with Crippen LogP contribution in [-0.4, -0.2) is 122 Å². The summed E-state index contributed by atoms with van der Waals surface area (Å²) in [6.45, 7) is 0. The summed E-state index contributed by atoms with van der Waals surface area (Å²) in [5, 5.41) is 11.2. The number of carbonyl (C=O) groups is 2. The van der Waals surface area contributed by atoms with E-state index >= 15 is 0 Å². The first-order valence-corrected chi connectivity index (χ1v) is 33.1. The number of carbonyl (C=O) groups excluding carboxylic acids is 2. The highest BCUT2D eigenvalue weighted by Crippen LogP contribution is 2.46. The standard InChI is InChI=1S/C46H41BrN2O8.C36H37N3O6/c1-51-36-17-11-33(12-18-36)46(34-13-19-37(52-2)20-14-34,35-15-21-38(53-3)22-16-35)49-28-32(27-48-49)29-7-9-30(10-8-29)45(56-6)44(50)40-24-23-39(57-40)31-25-41(54-4)43(47)42(26-31)55-5;1-38(45-6)35(40)34(44-5)26-9-7-25(8-10-26)27-23-37-39(24-27)36(28-11-17-31(41-2)18-12-28,29-13-19-32(42-3)20-14-29)30-15-21-33(43-4)22-16-30/h7-28,45H,1-6H3;7-24,34H,1-6H3. The van der Waals surface area contributed by atoms with Crippen LogP contribution in [0.15, 0.2) is 252 Å². The summed E-state index contributed by atoms with van der Waals surface area (Å²) in [7, 11) is 19.1. The van der Waals surface area contributed by atoms with Crippen molar-refractivity contribution in [2.75, 3.05) is 85.3 Å². The summed E-state index contributed by atoms with van der Waals surface area (Å²) in [6, 6.07) is 70.5. The van der Waals surface area contributed by atoms with Gasteiger partial charge in [-0.1, -0.05) is 121 Å². The topological polar surface area (TPSA) is 188 Å². The molecule has 0 aliphatic heterocycles. The Kier molecular flexibility index (Phi) is 22.7. The number of hydrogen-bond acceptors (Lipinski definition) is 16. The van der Waals surface area contributed by atoms with Crippen molar-refractivity contribution >= 4 is 27.6 Å². The molecule has 0 radical (unpaired) electrons. The third kappa shape index (κ3) is 14.4. The maximum Gasteiger partial charge on any atom is 0.279 e. The van der Waals surface area contributed by atoms with E-state index in [0.717, 1.165) is 95.2 Å². The minimum Gasteiger partial charge on any atom is -0.497 e. The lowest BCUT2D eigenvalue weighted by Gasteiger charge is -2.36. The van der Waals surface area contributed by atoms with Crippen molar-refractivity contribution < 1.29 is 66.2 Å². The number of hydrogen-bond donors (Lipinski definition) is 0. The fourth-order valence-electron chi connectivity index (χ4n) is 12.6. The molecular weight excluding hydrogens is 1360 g/mol.